The van der Waals surface area contributed by atoms with Gasteiger partial charge in [-0.15, -0.1) is 0 Å². The maximum atomic E-state index is 4.57. The number of rotatable bonds is 3. The lowest BCUT2D eigenvalue weighted by molar-refractivity contribution is 0.856. The van der Waals surface area contributed by atoms with E-state index in [-0.39, 0.29) is 0 Å². The van der Waals surface area contributed by atoms with Crippen molar-refractivity contribution in [2.24, 2.45) is 0 Å². The molecule has 1 N–H and O–H groups in total. The van der Waals surface area contributed by atoms with Gasteiger partial charge in [0.1, 0.15) is 5.82 Å². The molecule has 2 aromatic heterocycles. The summed E-state index contributed by atoms with van der Waals surface area (Å²) in [7, 11) is 0. The minimum absolute atomic E-state index is 0.853. The van der Waals surface area contributed by atoms with Gasteiger partial charge >= 0.3 is 0 Å². The summed E-state index contributed by atoms with van der Waals surface area (Å²) in [6.07, 6.45) is 7.15. The molecule has 0 spiro atoms. The molecule has 17 heavy (non-hydrogen) atoms. The number of hydrogen-bond acceptors (Lipinski definition) is 3. The third-order valence-corrected chi connectivity index (χ3v) is 2.67. The van der Waals surface area contributed by atoms with E-state index >= 15 is 0 Å². The van der Waals surface area contributed by atoms with E-state index in [1.54, 1.807) is 6.20 Å². The molecule has 0 atom stereocenters. The first kappa shape index (κ1) is 9.96. The molecule has 0 aliphatic heterocycles. The SMILES string of the molecule is c1ccc2nc(CCc3ncc[nH]3)cnc2c1. The molecule has 0 fully saturated rings. The maximum Gasteiger partial charge on any atom is 0.106 e. The van der Waals surface area contributed by atoms with E-state index in [0.29, 0.717) is 0 Å². The molecule has 0 radical (unpaired) electrons. The fraction of sp³-hybridized carbons (Fsp3) is 0.154. The second-order valence-electron chi connectivity index (χ2n) is 3.89. The molecule has 0 saturated carbocycles. The average Bonchev–Trinajstić information content (AvgIpc) is 2.89. The normalized spacial score (nSPS) is 10.8. The fourth-order valence-corrected chi connectivity index (χ4v) is 1.80. The van der Waals surface area contributed by atoms with Crippen molar-refractivity contribution in [3.63, 3.8) is 0 Å². The second-order valence-corrected chi connectivity index (χ2v) is 3.89. The quantitative estimate of drug-likeness (QED) is 0.741. The van der Waals surface area contributed by atoms with Gasteiger partial charge in [0.15, 0.2) is 0 Å². The van der Waals surface area contributed by atoms with Gasteiger partial charge in [-0.25, -0.2) is 9.97 Å². The van der Waals surface area contributed by atoms with Gasteiger partial charge in [0.05, 0.1) is 16.7 Å². The number of fused-ring (bicyclic) bond motifs is 1. The van der Waals surface area contributed by atoms with Crippen LogP contribution in [0.15, 0.2) is 42.9 Å². The monoisotopic (exact) mass is 224 g/mol. The molecule has 0 aliphatic carbocycles. The smallest absolute Gasteiger partial charge is 0.106 e. The van der Waals surface area contributed by atoms with Gasteiger partial charge in [-0.2, -0.15) is 0 Å². The van der Waals surface area contributed by atoms with Crippen molar-refractivity contribution in [3.05, 3.63) is 54.4 Å². The van der Waals surface area contributed by atoms with E-state index in [9.17, 15) is 0 Å². The number of imidazole rings is 1. The standard InChI is InChI=1S/C13H12N4/c1-2-4-12-11(3-1)16-9-10(17-12)5-6-13-14-7-8-15-13/h1-4,7-9H,5-6H2,(H,14,15). The summed E-state index contributed by atoms with van der Waals surface area (Å²) in [5.41, 5.74) is 2.89. The lowest BCUT2D eigenvalue weighted by Gasteiger charge is -2.01. The first-order valence-corrected chi connectivity index (χ1v) is 5.61. The minimum atomic E-state index is 0.853. The predicted molar refractivity (Wildman–Crippen MR) is 65.5 cm³/mol. The second kappa shape index (κ2) is 4.33. The Morgan fingerprint density at radius 3 is 2.71 bits per heavy atom. The van der Waals surface area contributed by atoms with E-state index in [1.165, 1.54) is 0 Å². The van der Waals surface area contributed by atoms with E-state index in [0.717, 1.165) is 35.4 Å². The lowest BCUT2D eigenvalue weighted by Crippen LogP contribution is -1.97. The molecule has 3 rings (SSSR count). The first-order valence-electron chi connectivity index (χ1n) is 5.61. The number of benzene rings is 1. The summed E-state index contributed by atoms with van der Waals surface area (Å²) in [4.78, 5) is 16.2. The Bertz CT molecular complexity index is 616. The zero-order valence-electron chi connectivity index (χ0n) is 9.30. The first-order chi connectivity index (χ1) is 8.42. The van der Waals surface area contributed by atoms with E-state index < -0.39 is 0 Å². The molecule has 4 nitrogen and oxygen atoms in total. The van der Waals surface area contributed by atoms with Crippen LogP contribution < -0.4 is 0 Å². The van der Waals surface area contributed by atoms with Gasteiger partial charge in [0.2, 0.25) is 0 Å². The Balaban J connectivity index is 1.81. The highest BCUT2D eigenvalue weighted by molar-refractivity contribution is 5.73. The van der Waals surface area contributed by atoms with Crippen molar-refractivity contribution in [2.75, 3.05) is 0 Å². The van der Waals surface area contributed by atoms with E-state index in [1.807, 2.05) is 36.7 Å². The molecule has 0 unspecified atom stereocenters. The summed E-state index contributed by atoms with van der Waals surface area (Å²) >= 11 is 0. The van der Waals surface area contributed by atoms with Crippen molar-refractivity contribution in [1.29, 1.82) is 0 Å². The highest BCUT2D eigenvalue weighted by Crippen LogP contribution is 2.09. The van der Waals surface area contributed by atoms with Crippen molar-refractivity contribution < 1.29 is 0 Å². The summed E-state index contributed by atoms with van der Waals surface area (Å²) in [6, 6.07) is 7.91. The molecule has 3 aromatic rings. The van der Waals surface area contributed by atoms with Crippen LogP contribution in [0.3, 0.4) is 0 Å². The molecular weight excluding hydrogens is 212 g/mol. The summed E-state index contributed by atoms with van der Waals surface area (Å²) in [5, 5.41) is 0. The highest BCUT2D eigenvalue weighted by Gasteiger charge is 2.01. The number of nitrogens with zero attached hydrogens (tertiary/aromatic N) is 3. The van der Waals surface area contributed by atoms with Crippen molar-refractivity contribution in [1.82, 2.24) is 19.9 Å². The molecule has 1 aromatic carbocycles. The van der Waals surface area contributed by atoms with Crippen LogP contribution in [0.4, 0.5) is 0 Å². The number of aromatic nitrogens is 4. The highest BCUT2D eigenvalue weighted by atomic mass is 14.9. The number of nitrogens with one attached hydrogen (secondary N) is 1. The zero-order valence-corrected chi connectivity index (χ0v) is 9.30. The van der Waals surface area contributed by atoms with Crippen LogP contribution in [0.5, 0.6) is 0 Å². The van der Waals surface area contributed by atoms with Gasteiger partial charge in [-0.1, -0.05) is 12.1 Å². The van der Waals surface area contributed by atoms with Crippen LogP contribution in [0.1, 0.15) is 11.5 Å². The largest absolute Gasteiger partial charge is 0.349 e. The van der Waals surface area contributed by atoms with Crippen LogP contribution in [-0.2, 0) is 12.8 Å². The number of H-pyrrole nitrogens is 1. The van der Waals surface area contributed by atoms with Crippen LogP contribution in [-0.4, -0.2) is 19.9 Å². The average molecular weight is 224 g/mol. The molecule has 84 valence electrons. The van der Waals surface area contributed by atoms with Gasteiger partial charge < -0.3 is 4.98 Å². The van der Waals surface area contributed by atoms with Gasteiger partial charge in [-0.3, -0.25) is 4.98 Å². The van der Waals surface area contributed by atoms with E-state index in [2.05, 4.69) is 19.9 Å². The summed E-state index contributed by atoms with van der Waals surface area (Å²) in [5.74, 6) is 0.986. The Morgan fingerprint density at radius 2 is 1.88 bits per heavy atom. The molecule has 0 amide bonds. The number of para-hydroxylation sites is 2. The molecular formula is C13H12N4. The van der Waals surface area contributed by atoms with E-state index in [4.69, 9.17) is 0 Å². The van der Waals surface area contributed by atoms with Crippen molar-refractivity contribution in [2.45, 2.75) is 12.8 Å². The Kier molecular flexibility index (Phi) is 2.54. The van der Waals surface area contributed by atoms with Crippen molar-refractivity contribution in [3.8, 4) is 0 Å². The molecule has 4 heteroatoms. The van der Waals surface area contributed by atoms with Crippen LogP contribution >= 0.6 is 0 Å². The van der Waals surface area contributed by atoms with Gasteiger partial charge in [0.25, 0.3) is 0 Å². The molecule has 0 aliphatic rings. The molecule has 0 bridgehead atoms. The zero-order chi connectivity index (χ0) is 11.5. The number of aromatic amines is 1. The lowest BCUT2D eigenvalue weighted by atomic mass is 10.2. The van der Waals surface area contributed by atoms with Crippen LogP contribution in [0.25, 0.3) is 11.0 Å². The van der Waals surface area contributed by atoms with Crippen LogP contribution in [0, 0.1) is 0 Å². The minimum Gasteiger partial charge on any atom is -0.349 e. The van der Waals surface area contributed by atoms with Gasteiger partial charge in [0, 0.05) is 25.0 Å². The Hall–Kier alpha value is -2.23. The predicted octanol–water partition coefficient (Wildman–Crippen LogP) is 2.14. The van der Waals surface area contributed by atoms with Gasteiger partial charge in [-0.05, 0) is 18.6 Å². The topological polar surface area (TPSA) is 54.5 Å². The van der Waals surface area contributed by atoms with Crippen molar-refractivity contribution >= 4 is 11.0 Å². The maximum absolute atomic E-state index is 4.57. The summed E-state index contributed by atoms with van der Waals surface area (Å²) < 4.78 is 0. The number of aryl methyl sites for hydroxylation is 2. The summed E-state index contributed by atoms with van der Waals surface area (Å²) in [6.45, 7) is 0. The third kappa shape index (κ3) is 2.15. The Labute approximate surface area is 98.8 Å². The Morgan fingerprint density at radius 1 is 1.00 bits per heavy atom. The van der Waals surface area contributed by atoms with Crippen LogP contribution in [0.2, 0.25) is 0 Å². The molecule has 0 saturated heterocycles. The number of hydrogen-bond donors (Lipinski definition) is 1. The molecule has 2 heterocycles. The fourth-order valence-electron chi connectivity index (χ4n) is 1.80. The third-order valence-electron chi connectivity index (χ3n) is 2.67.